The molecule has 0 radical (unpaired) electrons. The molecule has 3 rings (SSSR count). The van der Waals surface area contributed by atoms with E-state index in [1.165, 1.54) is 58.4 Å². The fraction of sp³-hybridized carbons (Fsp3) is 0.535. The number of benzene rings is 1. The molecule has 0 spiro atoms. The molecule has 1 saturated heterocycles. The lowest BCUT2D eigenvalue weighted by molar-refractivity contribution is -0.162. The van der Waals surface area contributed by atoms with E-state index in [9.17, 15) is 48.3 Å². The topological polar surface area (TPSA) is 233 Å². The number of hydroxylamine groups is 2. The number of nitrogens with one attached hydrogen (secondary N) is 3. The second-order valence-electron chi connectivity index (χ2n) is 15.7. The molecule has 2 aliphatic heterocycles. The molecule has 2 aliphatic rings. The highest BCUT2D eigenvalue weighted by molar-refractivity contribution is 5.93. The van der Waals surface area contributed by atoms with Crippen LogP contribution in [0.2, 0.25) is 0 Å². The molecule has 334 valence electrons. The maximum atomic E-state index is 14.6. The van der Waals surface area contributed by atoms with E-state index >= 15 is 0 Å². The predicted molar refractivity (Wildman–Crippen MR) is 222 cm³/mol. The number of Topliss-reactive ketones (excluding diaryl/α,β-unsaturated/α-hetero) is 1. The lowest BCUT2D eigenvalue weighted by atomic mass is 9.84. The zero-order valence-electron chi connectivity index (χ0n) is 35.7. The predicted octanol–water partition coefficient (Wildman–Crippen LogP) is 3.18. The van der Waals surface area contributed by atoms with Crippen molar-refractivity contribution < 1.29 is 52.9 Å². The molecule has 1 unspecified atom stereocenters. The number of likely N-dealkylation sites (N-methyl/N-ethyl adjacent to an activating group) is 1. The van der Waals surface area contributed by atoms with Crippen LogP contribution in [0.5, 0.6) is 0 Å². The van der Waals surface area contributed by atoms with Crippen LogP contribution in [0.15, 0.2) is 71.5 Å². The number of carbonyl (C=O) groups excluding carboxylic acids is 6. The van der Waals surface area contributed by atoms with Gasteiger partial charge >= 0.3 is 5.97 Å². The Bertz CT molecular complexity index is 1870. The minimum atomic E-state index is -1.47. The molecule has 4 amide bonds. The molecule has 1 fully saturated rings. The number of allylic oxidation sites excluding steroid dienone is 4. The van der Waals surface area contributed by atoms with E-state index in [1.807, 2.05) is 0 Å². The number of hydrogen-bond donors (Lipinski definition) is 5. The third kappa shape index (κ3) is 15.2. The normalized spacial score (nSPS) is 27.6. The average molecular weight is 855 g/mol. The van der Waals surface area contributed by atoms with E-state index in [-0.39, 0.29) is 55.7 Å². The van der Waals surface area contributed by atoms with Crippen molar-refractivity contribution in [3.63, 3.8) is 0 Å². The van der Waals surface area contributed by atoms with Crippen LogP contribution < -0.4 is 16.1 Å². The van der Waals surface area contributed by atoms with Gasteiger partial charge in [0.25, 0.3) is 11.8 Å². The van der Waals surface area contributed by atoms with Crippen molar-refractivity contribution in [1.82, 2.24) is 26.1 Å². The number of aliphatic hydroxyl groups is 2. The van der Waals surface area contributed by atoms with Gasteiger partial charge in [-0.2, -0.15) is 0 Å². The average Bonchev–Trinajstić information content (AvgIpc) is 3.22. The van der Waals surface area contributed by atoms with Gasteiger partial charge in [-0.15, -0.1) is 4.91 Å². The summed E-state index contributed by atoms with van der Waals surface area (Å²) < 4.78 is 20.5. The van der Waals surface area contributed by atoms with Crippen molar-refractivity contribution >= 4 is 41.1 Å². The summed E-state index contributed by atoms with van der Waals surface area (Å²) in [6.07, 6.45) is 7.24. The van der Waals surface area contributed by atoms with Crippen molar-refractivity contribution in [1.29, 1.82) is 0 Å². The summed E-state index contributed by atoms with van der Waals surface area (Å²) in [7, 11) is 2.78. The summed E-state index contributed by atoms with van der Waals surface area (Å²) in [6, 6.07) is -0.473. The van der Waals surface area contributed by atoms with Gasteiger partial charge in [-0.1, -0.05) is 57.2 Å². The number of hydrogen-bond acceptors (Lipinski definition) is 13. The fourth-order valence-corrected chi connectivity index (χ4v) is 6.75. The molecule has 1 aromatic carbocycles. The highest BCUT2D eigenvalue weighted by Gasteiger charge is 2.38. The Morgan fingerprint density at radius 1 is 1.10 bits per heavy atom. The van der Waals surface area contributed by atoms with Crippen LogP contribution in [-0.2, 0) is 44.8 Å². The zero-order chi connectivity index (χ0) is 45.4. The number of ether oxygens (including phenoxy) is 1. The summed E-state index contributed by atoms with van der Waals surface area (Å²) in [5.74, 6) is -7.22. The number of amides is 4. The molecular formula is C43H59FN6O11. The first kappa shape index (κ1) is 49.9. The number of rotatable bonds is 11. The number of hydrazine groups is 1. The number of ketones is 1. The van der Waals surface area contributed by atoms with Gasteiger partial charge in [-0.3, -0.25) is 33.8 Å². The second kappa shape index (κ2) is 24.1. The van der Waals surface area contributed by atoms with E-state index in [2.05, 4.69) is 21.2 Å². The number of nitroso groups, excluding NO2 is 1. The van der Waals surface area contributed by atoms with Crippen molar-refractivity contribution in [3.8, 4) is 0 Å². The van der Waals surface area contributed by atoms with Crippen molar-refractivity contribution in [2.75, 3.05) is 20.7 Å². The Labute approximate surface area is 355 Å². The Morgan fingerprint density at radius 3 is 2.48 bits per heavy atom. The van der Waals surface area contributed by atoms with Gasteiger partial charge in [-0.05, 0) is 67.5 Å². The minimum absolute atomic E-state index is 0.0728. The van der Waals surface area contributed by atoms with E-state index in [0.717, 1.165) is 22.2 Å². The van der Waals surface area contributed by atoms with Gasteiger partial charge in [-0.25, -0.2) is 14.9 Å². The molecule has 18 heteroatoms. The summed E-state index contributed by atoms with van der Waals surface area (Å²) in [4.78, 5) is 96.6. The van der Waals surface area contributed by atoms with Crippen molar-refractivity contribution in [3.05, 3.63) is 82.6 Å². The number of cyclic esters (lactones) is 1. The molecule has 2 bridgehead atoms. The molecule has 0 saturated carbocycles. The van der Waals surface area contributed by atoms with Gasteiger partial charge in [0.2, 0.25) is 11.8 Å². The van der Waals surface area contributed by atoms with Crippen molar-refractivity contribution in [2.24, 2.45) is 22.9 Å². The summed E-state index contributed by atoms with van der Waals surface area (Å²) in [5.41, 5.74) is 3.36. The fourth-order valence-electron chi connectivity index (χ4n) is 6.75. The first-order valence-corrected chi connectivity index (χ1v) is 20.2. The van der Waals surface area contributed by atoms with E-state index in [4.69, 9.17) is 9.57 Å². The number of fused-ring (bicyclic) bond motifs is 2. The largest absolute Gasteiger partial charge is 0.456 e. The SMILES string of the molecule is CON(C)C(=O)/C=C/C=C(\C)[C@@H]1C/C=C/C=C/[C@H](O)[C@H](C)[C@@H](O)[C@@H](CCC(C)=O)C(=O)N[C@@H](C(C)C)C(=O)N[C@@H](Cc2cc(F)cc(N=O)c2)C(=O)N2CCCC(N2)C(=O)O1. The molecule has 2 heterocycles. The van der Waals surface area contributed by atoms with Gasteiger partial charge < -0.3 is 30.4 Å². The van der Waals surface area contributed by atoms with Crippen LogP contribution in [0.25, 0.3) is 0 Å². The summed E-state index contributed by atoms with van der Waals surface area (Å²) in [6.45, 7) is 7.97. The third-order valence-corrected chi connectivity index (χ3v) is 10.6. The number of aliphatic hydroxyl groups excluding tert-OH is 2. The second-order valence-corrected chi connectivity index (χ2v) is 15.7. The van der Waals surface area contributed by atoms with Crippen LogP contribution in [-0.4, -0.2) is 113 Å². The van der Waals surface area contributed by atoms with Crippen LogP contribution in [0.3, 0.4) is 0 Å². The van der Waals surface area contributed by atoms with Crippen LogP contribution in [0.1, 0.15) is 72.3 Å². The Hall–Kier alpha value is -5.43. The quantitative estimate of drug-likeness (QED) is 0.0711. The maximum Gasteiger partial charge on any atom is 0.325 e. The van der Waals surface area contributed by atoms with Crippen LogP contribution >= 0.6 is 0 Å². The standard InChI is InChI=1S/C43H59FN6O11/c1-25(2)38-41(56)45-34(23-29-21-30(44)24-31(22-29)48-59)42(57)50-20-12-14-33(47-50)43(58)61-36(26(3)13-11-17-37(53)49(6)60-7)16-10-8-9-15-35(52)28(5)39(54)32(40(55)46-38)19-18-27(4)51/h8-11,13,15,17,21-22,24-25,28,32-36,38-39,47,52,54H,12,14,16,18-20,23H2,1-7H3,(H,45,56)(H,46,55)/b10-8+,15-9+,17-11+,26-13+/t28-,32+,33?,34-,35-,36-,38-,39+/m0/s1. The van der Waals surface area contributed by atoms with Crippen molar-refractivity contribution in [2.45, 2.75) is 110 Å². The first-order chi connectivity index (χ1) is 28.9. The number of carbonyl (C=O) groups is 6. The van der Waals surface area contributed by atoms with Gasteiger partial charge in [0.1, 0.15) is 41.5 Å². The highest BCUT2D eigenvalue weighted by Crippen LogP contribution is 2.24. The molecule has 0 aliphatic carbocycles. The van der Waals surface area contributed by atoms with E-state index in [1.54, 1.807) is 39.0 Å². The molecule has 1 aromatic rings. The maximum absolute atomic E-state index is 14.6. The number of esters is 1. The summed E-state index contributed by atoms with van der Waals surface area (Å²) >= 11 is 0. The Morgan fingerprint density at radius 2 is 1.82 bits per heavy atom. The first-order valence-electron chi connectivity index (χ1n) is 20.2. The van der Waals surface area contributed by atoms with Gasteiger partial charge in [0, 0.05) is 50.9 Å². The number of halogens is 1. The Kier molecular flexibility index (Phi) is 19.7. The molecule has 17 nitrogen and oxygen atoms in total. The minimum Gasteiger partial charge on any atom is -0.456 e. The van der Waals surface area contributed by atoms with Crippen LogP contribution in [0, 0.1) is 28.5 Å². The number of nitrogens with zero attached hydrogens (tertiary/aromatic N) is 3. The molecule has 0 aromatic heterocycles. The molecule has 5 N–H and O–H groups in total. The van der Waals surface area contributed by atoms with Crippen LogP contribution in [0.4, 0.5) is 10.1 Å². The Balaban J connectivity index is 2.11. The lowest BCUT2D eigenvalue weighted by Crippen LogP contribution is -2.62. The summed E-state index contributed by atoms with van der Waals surface area (Å²) in [5, 5.41) is 32.9. The monoisotopic (exact) mass is 854 g/mol. The molecule has 61 heavy (non-hydrogen) atoms. The highest BCUT2D eigenvalue weighted by atomic mass is 19.1. The van der Waals surface area contributed by atoms with Gasteiger partial charge in [0.05, 0.1) is 25.2 Å². The lowest BCUT2D eigenvalue weighted by Gasteiger charge is -2.36. The van der Waals surface area contributed by atoms with E-state index < -0.39 is 89.6 Å². The van der Waals surface area contributed by atoms with E-state index in [0.29, 0.717) is 12.0 Å². The van der Waals surface area contributed by atoms with Gasteiger partial charge in [0.15, 0.2) is 0 Å². The molecule has 8 atom stereocenters. The third-order valence-electron chi connectivity index (χ3n) is 10.6. The molecular weight excluding hydrogens is 796 g/mol. The smallest absolute Gasteiger partial charge is 0.325 e. The zero-order valence-corrected chi connectivity index (χ0v) is 35.7.